The molecule has 130 valence electrons. The number of rotatable bonds is 7. The predicted molar refractivity (Wildman–Crippen MR) is 99.5 cm³/mol. The maximum Gasteiger partial charge on any atom is 0.261 e. The average molecular weight is 347 g/mol. The SMILES string of the molecule is CCCN(CCC)C(=O)C(C)Sc1nc2ccccc2c(=O)n1C. The lowest BCUT2D eigenvalue weighted by molar-refractivity contribution is -0.130. The van der Waals surface area contributed by atoms with Crippen LogP contribution in [0.25, 0.3) is 10.9 Å². The lowest BCUT2D eigenvalue weighted by Gasteiger charge is -2.24. The number of thioether (sulfide) groups is 1. The first-order valence-electron chi connectivity index (χ1n) is 8.40. The summed E-state index contributed by atoms with van der Waals surface area (Å²) in [6.07, 6.45) is 1.88. The van der Waals surface area contributed by atoms with Gasteiger partial charge in [-0.25, -0.2) is 4.98 Å². The van der Waals surface area contributed by atoms with E-state index in [-0.39, 0.29) is 16.7 Å². The summed E-state index contributed by atoms with van der Waals surface area (Å²) in [5.41, 5.74) is 0.587. The van der Waals surface area contributed by atoms with Gasteiger partial charge in [0.25, 0.3) is 5.56 Å². The number of para-hydroxylation sites is 1. The van der Waals surface area contributed by atoms with Crippen molar-refractivity contribution in [3.05, 3.63) is 34.6 Å². The van der Waals surface area contributed by atoms with Crippen LogP contribution in [0.1, 0.15) is 33.6 Å². The molecule has 0 saturated heterocycles. The molecule has 2 aromatic rings. The molecule has 1 aromatic carbocycles. The van der Waals surface area contributed by atoms with E-state index in [1.54, 1.807) is 13.1 Å². The quantitative estimate of drug-likeness (QED) is 0.570. The summed E-state index contributed by atoms with van der Waals surface area (Å²) >= 11 is 1.35. The summed E-state index contributed by atoms with van der Waals surface area (Å²) in [6.45, 7) is 7.56. The summed E-state index contributed by atoms with van der Waals surface area (Å²) < 4.78 is 1.53. The monoisotopic (exact) mass is 347 g/mol. The van der Waals surface area contributed by atoms with Gasteiger partial charge in [-0.1, -0.05) is 37.7 Å². The molecule has 5 nitrogen and oxygen atoms in total. The summed E-state index contributed by atoms with van der Waals surface area (Å²) in [6, 6.07) is 7.30. The van der Waals surface area contributed by atoms with Crippen LogP contribution in [0, 0.1) is 0 Å². The summed E-state index contributed by atoms with van der Waals surface area (Å²) in [4.78, 5) is 31.6. The first kappa shape index (κ1) is 18.5. The first-order chi connectivity index (χ1) is 11.5. The molecule has 24 heavy (non-hydrogen) atoms. The number of carbonyl (C=O) groups is 1. The van der Waals surface area contributed by atoms with Crippen molar-refractivity contribution >= 4 is 28.6 Å². The van der Waals surface area contributed by atoms with Gasteiger partial charge in [0.1, 0.15) is 0 Å². The van der Waals surface area contributed by atoms with Gasteiger partial charge in [-0.05, 0) is 31.9 Å². The van der Waals surface area contributed by atoms with Crippen molar-refractivity contribution in [2.45, 2.75) is 44.0 Å². The van der Waals surface area contributed by atoms with Crippen molar-refractivity contribution in [2.24, 2.45) is 7.05 Å². The highest BCUT2D eigenvalue weighted by molar-refractivity contribution is 8.00. The molecule has 0 N–H and O–H groups in total. The van der Waals surface area contributed by atoms with Crippen LogP contribution in [-0.2, 0) is 11.8 Å². The average Bonchev–Trinajstić information content (AvgIpc) is 2.58. The molecule has 0 aliphatic heterocycles. The Morgan fingerprint density at radius 2 is 1.88 bits per heavy atom. The number of benzene rings is 1. The van der Waals surface area contributed by atoms with Crippen molar-refractivity contribution in [1.29, 1.82) is 0 Å². The summed E-state index contributed by atoms with van der Waals surface area (Å²) in [5, 5.41) is 0.900. The fourth-order valence-corrected chi connectivity index (χ4v) is 3.60. The second-order valence-electron chi connectivity index (χ2n) is 5.86. The standard InChI is InChI=1S/C18H25N3O2S/c1-5-11-21(12-6-2)16(22)13(3)24-18-19-15-10-8-7-9-14(15)17(23)20(18)4/h7-10,13H,5-6,11-12H2,1-4H3. The van der Waals surface area contributed by atoms with Crippen LogP contribution in [0.3, 0.4) is 0 Å². The Morgan fingerprint density at radius 1 is 1.25 bits per heavy atom. The van der Waals surface area contributed by atoms with Crippen LogP contribution in [-0.4, -0.2) is 38.7 Å². The molecular formula is C18H25N3O2S. The van der Waals surface area contributed by atoms with E-state index >= 15 is 0 Å². The van der Waals surface area contributed by atoms with Crippen LogP contribution in [0.2, 0.25) is 0 Å². The zero-order valence-electron chi connectivity index (χ0n) is 14.8. The third-order valence-electron chi connectivity index (χ3n) is 3.87. The fraction of sp³-hybridized carbons (Fsp3) is 0.500. The molecule has 1 unspecified atom stereocenters. The topological polar surface area (TPSA) is 55.2 Å². The molecule has 0 fully saturated rings. The summed E-state index contributed by atoms with van der Waals surface area (Å²) in [5.74, 6) is 0.103. The van der Waals surface area contributed by atoms with Crippen LogP contribution in [0.4, 0.5) is 0 Å². The minimum Gasteiger partial charge on any atom is -0.342 e. The van der Waals surface area contributed by atoms with E-state index in [2.05, 4.69) is 18.8 Å². The normalized spacial score (nSPS) is 12.3. The minimum atomic E-state index is -0.276. The predicted octanol–water partition coefficient (Wildman–Crippen LogP) is 3.06. The van der Waals surface area contributed by atoms with E-state index in [1.165, 1.54) is 16.3 Å². The van der Waals surface area contributed by atoms with Crippen LogP contribution in [0.15, 0.2) is 34.2 Å². The third-order valence-corrected chi connectivity index (χ3v) is 5.00. The second kappa shape index (κ2) is 8.33. The van der Waals surface area contributed by atoms with Gasteiger partial charge in [0, 0.05) is 20.1 Å². The second-order valence-corrected chi connectivity index (χ2v) is 7.17. The van der Waals surface area contributed by atoms with E-state index in [0.29, 0.717) is 16.1 Å². The molecule has 0 radical (unpaired) electrons. The van der Waals surface area contributed by atoms with Gasteiger partial charge in [0.2, 0.25) is 5.91 Å². The molecule has 0 bridgehead atoms. The Balaban J connectivity index is 2.26. The van der Waals surface area contributed by atoms with Gasteiger partial charge < -0.3 is 4.90 Å². The number of hydrogen-bond acceptors (Lipinski definition) is 4. The molecule has 1 aromatic heterocycles. The van der Waals surface area contributed by atoms with Gasteiger partial charge in [-0.3, -0.25) is 14.2 Å². The number of aromatic nitrogens is 2. The zero-order chi connectivity index (χ0) is 17.7. The Bertz CT molecular complexity index is 766. The molecule has 1 amide bonds. The van der Waals surface area contributed by atoms with Gasteiger partial charge in [-0.15, -0.1) is 0 Å². The smallest absolute Gasteiger partial charge is 0.261 e. The number of carbonyl (C=O) groups excluding carboxylic acids is 1. The lowest BCUT2D eigenvalue weighted by atomic mass is 10.2. The molecule has 0 saturated carbocycles. The highest BCUT2D eigenvalue weighted by Crippen LogP contribution is 2.23. The molecular weight excluding hydrogens is 322 g/mol. The van der Waals surface area contributed by atoms with Gasteiger partial charge in [0.15, 0.2) is 5.16 Å². The van der Waals surface area contributed by atoms with E-state index in [1.807, 2.05) is 30.0 Å². The van der Waals surface area contributed by atoms with Crippen molar-refractivity contribution < 1.29 is 4.79 Å². The van der Waals surface area contributed by atoms with Gasteiger partial charge >= 0.3 is 0 Å². The summed E-state index contributed by atoms with van der Waals surface area (Å²) in [7, 11) is 1.71. The van der Waals surface area contributed by atoms with Crippen LogP contribution in [0.5, 0.6) is 0 Å². The molecule has 0 aliphatic carbocycles. The first-order valence-corrected chi connectivity index (χ1v) is 9.28. The molecule has 0 aliphatic rings. The molecule has 6 heteroatoms. The Morgan fingerprint density at radius 3 is 2.50 bits per heavy atom. The largest absolute Gasteiger partial charge is 0.342 e. The highest BCUT2D eigenvalue weighted by Gasteiger charge is 2.22. The molecule has 0 spiro atoms. The van der Waals surface area contributed by atoms with E-state index in [0.717, 1.165) is 25.9 Å². The van der Waals surface area contributed by atoms with Crippen molar-refractivity contribution in [2.75, 3.05) is 13.1 Å². The van der Waals surface area contributed by atoms with Crippen molar-refractivity contribution in [3.63, 3.8) is 0 Å². The molecule has 2 rings (SSSR count). The van der Waals surface area contributed by atoms with Crippen molar-refractivity contribution in [3.8, 4) is 0 Å². The lowest BCUT2D eigenvalue weighted by Crippen LogP contribution is -2.38. The minimum absolute atomic E-state index is 0.0817. The van der Waals surface area contributed by atoms with E-state index in [4.69, 9.17) is 0 Å². The maximum absolute atomic E-state index is 12.7. The molecule has 1 heterocycles. The van der Waals surface area contributed by atoms with Gasteiger partial charge in [-0.2, -0.15) is 0 Å². The zero-order valence-corrected chi connectivity index (χ0v) is 15.6. The van der Waals surface area contributed by atoms with E-state index in [9.17, 15) is 9.59 Å². The Hall–Kier alpha value is -1.82. The third kappa shape index (κ3) is 3.98. The number of fused-ring (bicyclic) bond motifs is 1. The number of hydrogen-bond donors (Lipinski definition) is 0. The highest BCUT2D eigenvalue weighted by atomic mass is 32.2. The fourth-order valence-electron chi connectivity index (χ4n) is 2.64. The van der Waals surface area contributed by atoms with Crippen LogP contribution >= 0.6 is 11.8 Å². The maximum atomic E-state index is 12.7. The number of nitrogens with zero attached hydrogens (tertiary/aromatic N) is 3. The molecule has 1 atom stereocenters. The van der Waals surface area contributed by atoms with E-state index < -0.39 is 0 Å². The van der Waals surface area contributed by atoms with Gasteiger partial charge in [0.05, 0.1) is 16.2 Å². The Labute approximate surface area is 147 Å². The van der Waals surface area contributed by atoms with Crippen molar-refractivity contribution in [1.82, 2.24) is 14.5 Å². The number of amides is 1. The Kier molecular flexibility index (Phi) is 6.43. The van der Waals surface area contributed by atoms with Crippen LogP contribution < -0.4 is 5.56 Å².